The predicted molar refractivity (Wildman–Crippen MR) is 82.7 cm³/mol. The second-order valence-electron chi connectivity index (χ2n) is 5.56. The van der Waals surface area contributed by atoms with Gasteiger partial charge in [-0.2, -0.15) is 0 Å². The minimum atomic E-state index is -1.06. The van der Waals surface area contributed by atoms with Crippen LogP contribution in [0.1, 0.15) is 32.8 Å². The molecule has 1 aromatic rings. The van der Waals surface area contributed by atoms with Gasteiger partial charge in [0.1, 0.15) is 0 Å². The van der Waals surface area contributed by atoms with E-state index in [1.807, 2.05) is 32.9 Å². The monoisotopic (exact) mass is 341 g/mol. The van der Waals surface area contributed by atoms with Crippen molar-refractivity contribution in [1.82, 2.24) is 0 Å². The van der Waals surface area contributed by atoms with E-state index in [1.165, 1.54) is 0 Å². The van der Waals surface area contributed by atoms with Crippen molar-refractivity contribution in [3.05, 3.63) is 28.2 Å². The van der Waals surface area contributed by atoms with Gasteiger partial charge in [-0.25, -0.2) is 0 Å². The van der Waals surface area contributed by atoms with E-state index < -0.39 is 11.4 Å². The maximum Gasteiger partial charge on any atom is 0.310 e. The molecule has 0 heterocycles. The number of carbonyl (C=O) groups excluding carboxylic acids is 1. The van der Waals surface area contributed by atoms with Gasteiger partial charge in [0.05, 0.1) is 5.41 Å². The fourth-order valence-electron chi connectivity index (χ4n) is 1.82. The van der Waals surface area contributed by atoms with Crippen molar-refractivity contribution in [2.24, 2.45) is 11.3 Å². The van der Waals surface area contributed by atoms with Gasteiger partial charge in [0.25, 0.3) is 0 Å². The normalized spacial score (nSPS) is 13.9. The van der Waals surface area contributed by atoms with Gasteiger partial charge in [0.2, 0.25) is 5.91 Å². The number of anilines is 1. The number of aryl methyl sites for hydroxylation is 1. The van der Waals surface area contributed by atoms with E-state index in [0.717, 1.165) is 10.0 Å². The molecule has 0 aliphatic heterocycles. The van der Waals surface area contributed by atoms with Gasteiger partial charge in [-0.15, -0.1) is 0 Å². The summed E-state index contributed by atoms with van der Waals surface area (Å²) < 4.78 is 0.936. The molecule has 0 saturated carbocycles. The number of amides is 1. The molecule has 1 amide bonds. The maximum absolute atomic E-state index is 12.1. The third kappa shape index (κ3) is 3.82. The summed E-state index contributed by atoms with van der Waals surface area (Å²) in [6.07, 6.45) is -0.0461. The molecule has 1 unspecified atom stereocenters. The molecule has 110 valence electrons. The van der Waals surface area contributed by atoms with Crippen LogP contribution in [0, 0.1) is 18.3 Å². The Morgan fingerprint density at radius 1 is 1.40 bits per heavy atom. The summed E-state index contributed by atoms with van der Waals surface area (Å²) in [6.45, 7) is 7.12. The average Bonchev–Trinajstić information content (AvgIpc) is 2.32. The average molecular weight is 342 g/mol. The predicted octanol–water partition coefficient (Wildman–Crippen LogP) is 3.83. The lowest BCUT2D eigenvalue weighted by molar-refractivity contribution is -0.153. The van der Waals surface area contributed by atoms with E-state index in [0.29, 0.717) is 5.69 Å². The molecule has 0 bridgehead atoms. The van der Waals surface area contributed by atoms with Crippen LogP contribution in [0.3, 0.4) is 0 Å². The highest BCUT2D eigenvalue weighted by molar-refractivity contribution is 9.10. The summed E-state index contributed by atoms with van der Waals surface area (Å²) in [7, 11) is 0. The summed E-state index contributed by atoms with van der Waals surface area (Å²) >= 11 is 3.36. The van der Waals surface area contributed by atoms with Crippen LogP contribution in [0.5, 0.6) is 0 Å². The van der Waals surface area contributed by atoms with Gasteiger partial charge in [0.15, 0.2) is 0 Å². The van der Waals surface area contributed by atoms with Crippen LogP contribution < -0.4 is 5.32 Å². The van der Waals surface area contributed by atoms with E-state index in [-0.39, 0.29) is 18.2 Å². The highest BCUT2D eigenvalue weighted by Crippen LogP contribution is 2.32. The number of hydrogen-bond donors (Lipinski definition) is 2. The maximum atomic E-state index is 12.1. The first-order chi connectivity index (χ1) is 9.16. The van der Waals surface area contributed by atoms with Crippen LogP contribution in [0.25, 0.3) is 0 Å². The molecule has 1 atom stereocenters. The number of aliphatic carboxylic acids is 1. The van der Waals surface area contributed by atoms with E-state index in [2.05, 4.69) is 21.2 Å². The minimum absolute atomic E-state index is 0.0461. The zero-order chi connectivity index (χ0) is 15.5. The summed E-state index contributed by atoms with van der Waals surface area (Å²) in [5, 5.41) is 12.1. The van der Waals surface area contributed by atoms with Crippen molar-refractivity contribution >= 4 is 33.5 Å². The Hall–Kier alpha value is -1.36. The Morgan fingerprint density at radius 3 is 2.45 bits per heavy atom. The Bertz CT molecular complexity index is 528. The zero-order valence-corrected chi connectivity index (χ0v) is 13.7. The van der Waals surface area contributed by atoms with Crippen LogP contribution in [0.4, 0.5) is 5.69 Å². The number of carbonyl (C=O) groups is 2. The SMILES string of the molecule is Cc1cc(Br)ccc1NC(=O)CC(C)(C(=O)O)C(C)C. The highest BCUT2D eigenvalue weighted by atomic mass is 79.9. The van der Waals surface area contributed by atoms with Gasteiger partial charge in [0, 0.05) is 16.6 Å². The first-order valence-electron chi connectivity index (χ1n) is 6.46. The van der Waals surface area contributed by atoms with Crippen LogP contribution in [-0.2, 0) is 9.59 Å². The van der Waals surface area contributed by atoms with E-state index in [4.69, 9.17) is 0 Å². The Labute approximate surface area is 127 Å². The van der Waals surface area contributed by atoms with Gasteiger partial charge < -0.3 is 10.4 Å². The molecule has 0 spiro atoms. The molecule has 1 aromatic carbocycles. The molecule has 20 heavy (non-hydrogen) atoms. The molecule has 0 aromatic heterocycles. The molecule has 5 heteroatoms. The zero-order valence-electron chi connectivity index (χ0n) is 12.2. The fraction of sp³-hybridized carbons (Fsp3) is 0.467. The summed E-state index contributed by atoms with van der Waals surface area (Å²) in [5.74, 6) is -1.36. The molecule has 1 rings (SSSR count). The Morgan fingerprint density at radius 2 is 2.00 bits per heavy atom. The highest BCUT2D eigenvalue weighted by Gasteiger charge is 2.38. The van der Waals surface area contributed by atoms with E-state index in [9.17, 15) is 14.7 Å². The quantitative estimate of drug-likeness (QED) is 0.855. The number of hydrogen-bond acceptors (Lipinski definition) is 2. The number of carboxylic acids is 1. The van der Waals surface area contributed by atoms with Crippen molar-refractivity contribution in [3.8, 4) is 0 Å². The Kier molecular flexibility index (Phi) is 5.34. The number of nitrogens with one attached hydrogen (secondary N) is 1. The fourth-order valence-corrected chi connectivity index (χ4v) is 2.30. The second-order valence-corrected chi connectivity index (χ2v) is 6.48. The van der Waals surface area contributed by atoms with Gasteiger partial charge >= 0.3 is 5.97 Å². The summed E-state index contributed by atoms with van der Waals surface area (Å²) in [4.78, 5) is 23.5. The Balaban J connectivity index is 2.84. The lowest BCUT2D eigenvalue weighted by Crippen LogP contribution is -2.37. The van der Waals surface area contributed by atoms with Crippen LogP contribution in [0.15, 0.2) is 22.7 Å². The molecular formula is C15H20BrNO3. The summed E-state index contributed by atoms with van der Waals surface area (Å²) in [5.41, 5.74) is 0.567. The number of carboxylic acid groups (broad SMARTS) is 1. The summed E-state index contributed by atoms with van der Waals surface area (Å²) in [6, 6.07) is 5.53. The van der Waals surface area contributed by atoms with Crippen molar-refractivity contribution in [1.29, 1.82) is 0 Å². The third-order valence-electron chi connectivity index (χ3n) is 3.75. The number of halogens is 1. The first-order valence-corrected chi connectivity index (χ1v) is 7.25. The third-order valence-corrected chi connectivity index (χ3v) is 4.25. The van der Waals surface area contributed by atoms with Gasteiger partial charge in [-0.3, -0.25) is 9.59 Å². The van der Waals surface area contributed by atoms with E-state index >= 15 is 0 Å². The van der Waals surface area contributed by atoms with Gasteiger partial charge in [-0.1, -0.05) is 29.8 Å². The lowest BCUT2D eigenvalue weighted by atomic mass is 9.76. The first kappa shape index (κ1) is 16.7. The smallest absolute Gasteiger partial charge is 0.310 e. The molecule has 0 aliphatic carbocycles. The molecule has 0 aliphatic rings. The molecule has 0 saturated heterocycles. The van der Waals surface area contributed by atoms with Gasteiger partial charge in [-0.05, 0) is 43.5 Å². The molecule has 0 fully saturated rings. The molecule has 4 nitrogen and oxygen atoms in total. The lowest BCUT2D eigenvalue weighted by Gasteiger charge is -2.28. The molecule has 0 radical (unpaired) electrons. The standard InChI is InChI=1S/C15H20BrNO3/c1-9(2)15(4,14(19)20)8-13(18)17-12-6-5-11(16)7-10(12)3/h5-7,9H,8H2,1-4H3,(H,17,18)(H,19,20). The van der Waals surface area contributed by atoms with Crippen molar-refractivity contribution < 1.29 is 14.7 Å². The van der Waals surface area contributed by atoms with Crippen LogP contribution in [0.2, 0.25) is 0 Å². The second kappa shape index (κ2) is 6.39. The number of rotatable bonds is 5. The molecule has 2 N–H and O–H groups in total. The largest absolute Gasteiger partial charge is 0.481 e. The minimum Gasteiger partial charge on any atom is -0.481 e. The van der Waals surface area contributed by atoms with Crippen LogP contribution >= 0.6 is 15.9 Å². The van der Waals surface area contributed by atoms with Crippen molar-refractivity contribution in [3.63, 3.8) is 0 Å². The van der Waals surface area contributed by atoms with E-state index in [1.54, 1.807) is 13.0 Å². The topological polar surface area (TPSA) is 66.4 Å². The number of benzene rings is 1. The van der Waals surface area contributed by atoms with Crippen molar-refractivity contribution in [2.45, 2.75) is 34.1 Å². The van der Waals surface area contributed by atoms with Crippen LogP contribution in [-0.4, -0.2) is 17.0 Å². The molecular weight excluding hydrogens is 322 g/mol. The van der Waals surface area contributed by atoms with Crippen molar-refractivity contribution in [2.75, 3.05) is 5.32 Å².